The fourth-order valence-electron chi connectivity index (χ4n) is 3.35. The van der Waals surface area contributed by atoms with E-state index in [4.69, 9.17) is 9.47 Å². The molecule has 31 heavy (non-hydrogen) atoms. The van der Waals surface area contributed by atoms with Crippen LogP contribution < -0.4 is 0 Å². The second kappa shape index (κ2) is 21.5. The molecule has 5 heteroatoms. The average molecular weight is 438 g/mol. The first-order valence-corrected chi connectivity index (χ1v) is 12.5. The van der Waals surface area contributed by atoms with Crippen molar-refractivity contribution in [3.8, 4) is 11.8 Å². The second-order valence-corrected chi connectivity index (χ2v) is 8.39. The summed E-state index contributed by atoms with van der Waals surface area (Å²) < 4.78 is 10.3. The molecule has 0 aromatic heterocycles. The van der Waals surface area contributed by atoms with Crippen LogP contribution in [0.2, 0.25) is 0 Å². The predicted molar refractivity (Wildman–Crippen MR) is 128 cm³/mol. The highest BCUT2D eigenvalue weighted by Gasteiger charge is 2.24. The van der Waals surface area contributed by atoms with Crippen molar-refractivity contribution < 1.29 is 19.1 Å². The highest BCUT2D eigenvalue weighted by molar-refractivity contribution is 5.80. The van der Waals surface area contributed by atoms with Gasteiger partial charge in [0.15, 0.2) is 6.61 Å². The number of unbranched alkanes of at least 4 members (excludes halogenated alkanes) is 14. The first-order valence-electron chi connectivity index (χ1n) is 12.5. The number of hydrogen-bond acceptors (Lipinski definition) is 4. The summed E-state index contributed by atoms with van der Waals surface area (Å²) in [5.74, 6) is 4.90. The van der Waals surface area contributed by atoms with Crippen molar-refractivity contribution in [3.63, 3.8) is 0 Å². The Balaban J connectivity index is 3.50. The zero-order chi connectivity index (χ0) is 23.2. The molecule has 0 bridgehead atoms. The van der Waals surface area contributed by atoms with Crippen LogP contribution in [0.4, 0.5) is 4.79 Å². The van der Waals surface area contributed by atoms with Gasteiger partial charge in [0.1, 0.15) is 6.04 Å². The summed E-state index contributed by atoms with van der Waals surface area (Å²) >= 11 is 0. The molecule has 0 spiro atoms. The number of amides is 1. The van der Waals surface area contributed by atoms with Crippen LogP contribution in [0.15, 0.2) is 0 Å². The molecule has 1 unspecified atom stereocenters. The van der Waals surface area contributed by atoms with Crippen LogP contribution in [0.1, 0.15) is 117 Å². The summed E-state index contributed by atoms with van der Waals surface area (Å²) in [5.41, 5.74) is 0. The first-order chi connectivity index (χ1) is 15.0. The topological polar surface area (TPSA) is 55.8 Å². The van der Waals surface area contributed by atoms with E-state index in [9.17, 15) is 9.59 Å². The normalized spacial score (nSPS) is 11.4. The van der Waals surface area contributed by atoms with E-state index in [2.05, 4.69) is 18.8 Å². The minimum absolute atomic E-state index is 0.0283. The molecule has 0 radical (unpaired) electrons. The Hall–Kier alpha value is -1.70. The molecule has 0 aliphatic heterocycles. The minimum atomic E-state index is -0.668. The molecule has 0 aromatic rings. The lowest BCUT2D eigenvalue weighted by Gasteiger charge is -2.22. The molecule has 1 atom stereocenters. The van der Waals surface area contributed by atoms with E-state index in [-0.39, 0.29) is 6.61 Å². The second-order valence-electron chi connectivity index (χ2n) is 8.39. The van der Waals surface area contributed by atoms with Crippen molar-refractivity contribution >= 4 is 12.1 Å². The number of esters is 1. The first kappa shape index (κ1) is 29.3. The van der Waals surface area contributed by atoms with Crippen LogP contribution in [0.5, 0.6) is 0 Å². The minimum Gasteiger partial charge on any atom is -0.464 e. The van der Waals surface area contributed by atoms with Crippen molar-refractivity contribution in [3.05, 3.63) is 0 Å². The van der Waals surface area contributed by atoms with E-state index in [0.29, 0.717) is 6.61 Å². The van der Waals surface area contributed by atoms with Crippen LogP contribution in [0, 0.1) is 11.8 Å². The zero-order valence-electron chi connectivity index (χ0n) is 20.7. The van der Waals surface area contributed by atoms with E-state index < -0.39 is 18.1 Å². The van der Waals surface area contributed by atoms with Gasteiger partial charge in [-0.3, -0.25) is 4.90 Å². The van der Waals surface area contributed by atoms with Crippen molar-refractivity contribution in [1.29, 1.82) is 0 Å². The number of nitrogens with zero attached hydrogens (tertiary/aromatic N) is 1. The number of likely N-dealkylation sites (N-methyl/N-ethyl adjacent to an activating group) is 1. The summed E-state index contributed by atoms with van der Waals surface area (Å²) in [6.07, 6.45) is 19.0. The third kappa shape index (κ3) is 17.7. The quantitative estimate of drug-likeness (QED) is 0.125. The lowest BCUT2D eigenvalue weighted by atomic mass is 10.0. The van der Waals surface area contributed by atoms with Crippen molar-refractivity contribution in [2.75, 3.05) is 20.3 Å². The molecule has 0 rings (SSSR count). The molecule has 0 aliphatic carbocycles. The highest BCUT2D eigenvalue weighted by atomic mass is 16.6. The number of ether oxygens (including phenoxy) is 2. The number of carbonyl (C=O) groups is 2. The van der Waals surface area contributed by atoms with E-state index in [1.807, 2.05) is 0 Å². The maximum atomic E-state index is 12.1. The van der Waals surface area contributed by atoms with Gasteiger partial charge in [-0.15, -0.1) is 5.92 Å². The van der Waals surface area contributed by atoms with Gasteiger partial charge < -0.3 is 9.47 Å². The van der Waals surface area contributed by atoms with Crippen molar-refractivity contribution in [2.24, 2.45) is 0 Å². The molecule has 0 fully saturated rings. The van der Waals surface area contributed by atoms with Crippen LogP contribution in [-0.4, -0.2) is 43.3 Å². The molecule has 0 aliphatic rings. The summed E-state index contributed by atoms with van der Waals surface area (Å²) in [6, 6.07) is -0.668. The maximum absolute atomic E-state index is 12.1. The van der Waals surface area contributed by atoms with Gasteiger partial charge in [-0.25, -0.2) is 9.59 Å². The largest absolute Gasteiger partial charge is 0.464 e. The van der Waals surface area contributed by atoms with Crippen LogP contribution in [-0.2, 0) is 14.3 Å². The zero-order valence-corrected chi connectivity index (χ0v) is 20.7. The smallest absolute Gasteiger partial charge is 0.411 e. The molecular formula is C26H47NO4. The monoisotopic (exact) mass is 437 g/mol. The fraction of sp³-hybridized carbons (Fsp3) is 0.846. The molecule has 0 N–H and O–H groups in total. The van der Waals surface area contributed by atoms with E-state index >= 15 is 0 Å². The Kier molecular flexibility index (Phi) is 20.3. The van der Waals surface area contributed by atoms with Gasteiger partial charge >= 0.3 is 12.1 Å². The standard InChI is InChI=1S/C26H47NO4/c1-5-7-9-10-11-12-13-14-15-16-17-18-19-20-21-23-30-25(28)24(3)27(4)26(29)31-22-8-6-2/h24H,5,7,9-23H2,1-4H3. The third-order valence-corrected chi connectivity index (χ3v) is 5.65. The van der Waals surface area contributed by atoms with Crippen LogP contribution >= 0.6 is 0 Å². The van der Waals surface area contributed by atoms with Gasteiger partial charge in [0.25, 0.3) is 0 Å². The van der Waals surface area contributed by atoms with Gasteiger partial charge in [0.2, 0.25) is 0 Å². The van der Waals surface area contributed by atoms with Crippen LogP contribution in [0.3, 0.4) is 0 Å². The summed E-state index contributed by atoms with van der Waals surface area (Å²) in [6.45, 7) is 6.02. The lowest BCUT2D eigenvalue weighted by Crippen LogP contribution is -2.41. The Morgan fingerprint density at radius 3 is 1.68 bits per heavy atom. The predicted octanol–water partition coefficient (Wildman–Crippen LogP) is 6.88. The Bertz CT molecular complexity index is 509. The highest BCUT2D eigenvalue weighted by Crippen LogP contribution is 2.13. The molecular weight excluding hydrogens is 390 g/mol. The molecule has 5 nitrogen and oxygen atoms in total. The van der Waals surface area contributed by atoms with Gasteiger partial charge in [-0.1, -0.05) is 103 Å². The van der Waals surface area contributed by atoms with Crippen LogP contribution in [0.25, 0.3) is 0 Å². The molecule has 0 saturated heterocycles. The molecule has 0 aromatic carbocycles. The van der Waals surface area contributed by atoms with Gasteiger partial charge in [0, 0.05) is 7.05 Å². The third-order valence-electron chi connectivity index (χ3n) is 5.65. The molecule has 180 valence electrons. The van der Waals surface area contributed by atoms with Crippen molar-refractivity contribution in [2.45, 2.75) is 123 Å². The molecule has 0 saturated carbocycles. The fourth-order valence-corrected chi connectivity index (χ4v) is 3.35. The van der Waals surface area contributed by atoms with E-state index in [1.165, 1.54) is 95.4 Å². The Morgan fingerprint density at radius 1 is 0.774 bits per heavy atom. The molecule has 1 amide bonds. The van der Waals surface area contributed by atoms with Gasteiger partial charge in [-0.05, 0) is 20.3 Å². The number of hydrogen-bond donors (Lipinski definition) is 0. The SMILES string of the molecule is CC#CCOC(=O)N(C)C(C)C(=O)OCCCCCCCCCCCCCCCCC. The maximum Gasteiger partial charge on any atom is 0.411 e. The Morgan fingerprint density at radius 2 is 1.23 bits per heavy atom. The summed E-state index contributed by atoms with van der Waals surface area (Å²) in [5, 5.41) is 0. The summed E-state index contributed by atoms with van der Waals surface area (Å²) in [7, 11) is 1.53. The lowest BCUT2D eigenvalue weighted by molar-refractivity contribution is -0.148. The number of rotatable bonds is 19. The van der Waals surface area contributed by atoms with E-state index in [1.54, 1.807) is 13.8 Å². The number of carbonyl (C=O) groups excluding carboxylic acids is 2. The van der Waals surface area contributed by atoms with Crippen molar-refractivity contribution in [1.82, 2.24) is 4.90 Å². The average Bonchev–Trinajstić information content (AvgIpc) is 2.77. The van der Waals surface area contributed by atoms with E-state index in [0.717, 1.165) is 12.8 Å². The van der Waals surface area contributed by atoms with Gasteiger partial charge in [-0.2, -0.15) is 0 Å². The van der Waals surface area contributed by atoms with Gasteiger partial charge in [0.05, 0.1) is 6.61 Å². The Labute approximate surface area is 191 Å². The summed E-state index contributed by atoms with van der Waals surface area (Å²) in [4.78, 5) is 25.1. The molecule has 0 heterocycles.